The van der Waals surface area contributed by atoms with Crippen LogP contribution in [0.3, 0.4) is 0 Å². The lowest BCUT2D eigenvalue weighted by Gasteiger charge is -2.27. The zero-order valence-electron chi connectivity index (χ0n) is 12.1. The molecular weight excluding hydrogens is 270 g/mol. The second-order valence-electron chi connectivity index (χ2n) is 5.32. The number of rotatable bonds is 3. The van der Waals surface area contributed by atoms with Crippen molar-refractivity contribution in [3.05, 3.63) is 23.9 Å². The fraction of sp³-hybridized carbons (Fsp3) is 0.462. The minimum atomic E-state index is -0.106. The van der Waals surface area contributed by atoms with Gasteiger partial charge in [-0.1, -0.05) is 0 Å². The summed E-state index contributed by atoms with van der Waals surface area (Å²) in [6, 6.07) is 3.90. The highest BCUT2D eigenvalue weighted by Gasteiger charge is 2.37. The zero-order valence-corrected chi connectivity index (χ0v) is 12.1. The summed E-state index contributed by atoms with van der Waals surface area (Å²) in [5, 5.41) is 5.96. The highest BCUT2D eigenvalue weighted by molar-refractivity contribution is 6.01. The van der Waals surface area contributed by atoms with Gasteiger partial charge in [0.05, 0.1) is 12.5 Å². The first-order chi connectivity index (χ1) is 10.1. The molecule has 3 heterocycles. The number of fused-ring (bicyclic) bond motifs is 1. The van der Waals surface area contributed by atoms with Gasteiger partial charge in [0.15, 0.2) is 5.96 Å². The summed E-state index contributed by atoms with van der Waals surface area (Å²) in [5.74, 6) is 1.26. The van der Waals surface area contributed by atoms with Gasteiger partial charge in [0.1, 0.15) is 12.0 Å². The second kappa shape index (κ2) is 5.66. The lowest BCUT2D eigenvalue weighted by molar-refractivity contribution is -0.124. The Morgan fingerprint density at radius 1 is 1.48 bits per heavy atom. The third-order valence-corrected chi connectivity index (χ3v) is 3.54. The van der Waals surface area contributed by atoms with Crippen LogP contribution in [0, 0.1) is 5.92 Å². The van der Waals surface area contributed by atoms with E-state index in [1.807, 2.05) is 31.1 Å². The van der Waals surface area contributed by atoms with E-state index in [0.717, 1.165) is 11.4 Å². The molecule has 2 fully saturated rings. The van der Waals surface area contributed by atoms with Crippen molar-refractivity contribution in [2.24, 2.45) is 10.9 Å². The maximum absolute atomic E-state index is 11.9. The van der Waals surface area contributed by atoms with Crippen LogP contribution in [0.2, 0.25) is 0 Å². The van der Waals surface area contributed by atoms with Gasteiger partial charge in [-0.2, -0.15) is 0 Å². The summed E-state index contributed by atoms with van der Waals surface area (Å²) in [6.07, 6.45) is 1.66. The molecule has 0 saturated carbocycles. The van der Waals surface area contributed by atoms with Crippen LogP contribution in [0.5, 0.6) is 0 Å². The van der Waals surface area contributed by atoms with Crippen molar-refractivity contribution in [2.45, 2.75) is 12.7 Å². The molecule has 0 radical (unpaired) electrons. The lowest BCUT2D eigenvalue weighted by Crippen LogP contribution is -2.61. The predicted octanol–water partition coefficient (Wildman–Crippen LogP) is -1.23. The Morgan fingerprint density at radius 3 is 3.14 bits per heavy atom. The maximum Gasteiger partial charge on any atom is 0.234 e. The van der Waals surface area contributed by atoms with E-state index < -0.39 is 0 Å². The number of nitrogens with one attached hydrogen (secondary N) is 4. The van der Waals surface area contributed by atoms with E-state index in [0.29, 0.717) is 19.0 Å². The quantitative estimate of drug-likeness (QED) is 0.557. The SMILES string of the molecule is CN(C)c1cc(CN=C2NC(=O)C3CNNC3N2)ccn1. The van der Waals surface area contributed by atoms with Crippen LogP contribution < -0.4 is 26.4 Å². The van der Waals surface area contributed by atoms with E-state index in [4.69, 9.17) is 0 Å². The molecule has 1 aromatic rings. The number of carbonyl (C=O) groups excluding carboxylic acids is 1. The summed E-state index contributed by atoms with van der Waals surface area (Å²) in [5.41, 5.74) is 7.03. The van der Waals surface area contributed by atoms with Crippen LogP contribution >= 0.6 is 0 Å². The smallest absolute Gasteiger partial charge is 0.234 e. The third kappa shape index (κ3) is 2.96. The number of hydrogen-bond donors (Lipinski definition) is 4. The largest absolute Gasteiger partial charge is 0.363 e. The molecule has 21 heavy (non-hydrogen) atoms. The molecule has 2 aliphatic heterocycles. The fourth-order valence-electron chi connectivity index (χ4n) is 2.33. The molecule has 4 N–H and O–H groups in total. The topological polar surface area (TPSA) is 93.7 Å². The number of carbonyl (C=O) groups is 1. The van der Waals surface area contributed by atoms with Gasteiger partial charge in [-0.05, 0) is 17.7 Å². The van der Waals surface area contributed by atoms with Crippen LogP contribution in [0.1, 0.15) is 5.56 Å². The van der Waals surface area contributed by atoms with Gasteiger partial charge < -0.3 is 10.2 Å². The molecule has 0 spiro atoms. The molecule has 8 heteroatoms. The minimum absolute atomic E-state index is 0.0151. The predicted molar refractivity (Wildman–Crippen MR) is 79.4 cm³/mol. The highest BCUT2D eigenvalue weighted by Crippen LogP contribution is 2.12. The Bertz CT molecular complexity index is 571. The molecule has 1 aromatic heterocycles. The Hall–Kier alpha value is -2.19. The molecule has 2 atom stereocenters. The number of anilines is 1. The molecule has 2 saturated heterocycles. The zero-order chi connectivity index (χ0) is 14.8. The van der Waals surface area contributed by atoms with Crippen molar-refractivity contribution >= 4 is 17.7 Å². The number of amides is 1. The van der Waals surface area contributed by atoms with Gasteiger partial charge >= 0.3 is 0 Å². The maximum atomic E-state index is 11.9. The van der Waals surface area contributed by atoms with Gasteiger partial charge in [0.2, 0.25) is 5.91 Å². The molecule has 0 aromatic carbocycles. The summed E-state index contributed by atoms with van der Waals surface area (Å²) in [6.45, 7) is 1.10. The standard InChI is InChI=1S/C13H19N7O/c1-20(2)10-5-8(3-4-14-10)6-15-13-17-11-9(7-16-19-11)12(21)18-13/h3-5,9,11,16,19H,6-7H2,1-2H3,(H2,15,17,18,21). The number of hydrazine groups is 1. The Labute approximate surface area is 123 Å². The highest BCUT2D eigenvalue weighted by atomic mass is 16.2. The van der Waals surface area contributed by atoms with Crippen molar-refractivity contribution in [3.8, 4) is 0 Å². The van der Waals surface area contributed by atoms with Crippen LogP contribution in [0.4, 0.5) is 5.82 Å². The number of aromatic nitrogens is 1. The van der Waals surface area contributed by atoms with E-state index in [1.165, 1.54) is 0 Å². The third-order valence-electron chi connectivity index (χ3n) is 3.54. The summed E-state index contributed by atoms with van der Waals surface area (Å²) in [7, 11) is 3.89. The average Bonchev–Trinajstić information content (AvgIpc) is 2.94. The van der Waals surface area contributed by atoms with Crippen molar-refractivity contribution in [2.75, 3.05) is 25.5 Å². The molecule has 8 nitrogen and oxygen atoms in total. The van der Waals surface area contributed by atoms with Crippen LogP contribution in [0.15, 0.2) is 23.3 Å². The van der Waals surface area contributed by atoms with Crippen molar-refractivity contribution < 1.29 is 4.79 Å². The van der Waals surface area contributed by atoms with Gasteiger partial charge in [0.25, 0.3) is 0 Å². The van der Waals surface area contributed by atoms with Gasteiger partial charge in [0, 0.05) is 26.8 Å². The van der Waals surface area contributed by atoms with Gasteiger partial charge in [-0.25, -0.2) is 15.4 Å². The number of nitrogens with zero attached hydrogens (tertiary/aromatic N) is 3. The molecular formula is C13H19N7O. The van der Waals surface area contributed by atoms with E-state index in [9.17, 15) is 4.79 Å². The molecule has 2 unspecified atom stereocenters. The monoisotopic (exact) mass is 289 g/mol. The van der Waals surface area contributed by atoms with E-state index in [2.05, 4.69) is 31.5 Å². The summed E-state index contributed by atoms with van der Waals surface area (Å²) >= 11 is 0. The number of aliphatic imine (C=N–C) groups is 1. The molecule has 3 rings (SSSR count). The Balaban J connectivity index is 1.68. The number of guanidine groups is 1. The van der Waals surface area contributed by atoms with Gasteiger partial charge in [-0.15, -0.1) is 0 Å². The number of pyridine rings is 1. The van der Waals surface area contributed by atoms with E-state index in [1.54, 1.807) is 6.20 Å². The Morgan fingerprint density at radius 2 is 2.33 bits per heavy atom. The normalized spacial score (nSPS) is 26.2. The second-order valence-corrected chi connectivity index (χ2v) is 5.32. The van der Waals surface area contributed by atoms with E-state index >= 15 is 0 Å². The van der Waals surface area contributed by atoms with E-state index in [-0.39, 0.29) is 18.0 Å². The Kier molecular flexibility index (Phi) is 3.72. The first-order valence-electron chi connectivity index (χ1n) is 6.86. The lowest BCUT2D eigenvalue weighted by atomic mass is 10.1. The minimum Gasteiger partial charge on any atom is -0.363 e. The first-order valence-corrected chi connectivity index (χ1v) is 6.86. The fourth-order valence-corrected chi connectivity index (χ4v) is 2.33. The van der Waals surface area contributed by atoms with Crippen LogP contribution in [-0.2, 0) is 11.3 Å². The first kappa shape index (κ1) is 13.8. The van der Waals surface area contributed by atoms with Crippen molar-refractivity contribution in [1.82, 2.24) is 26.5 Å². The summed E-state index contributed by atoms with van der Waals surface area (Å²) < 4.78 is 0. The molecule has 1 amide bonds. The van der Waals surface area contributed by atoms with Crippen LogP contribution in [0.25, 0.3) is 0 Å². The number of hydrogen-bond acceptors (Lipinski definition) is 6. The van der Waals surface area contributed by atoms with Gasteiger partial charge in [-0.3, -0.25) is 15.5 Å². The average molecular weight is 289 g/mol. The van der Waals surface area contributed by atoms with Crippen molar-refractivity contribution in [3.63, 3.8) is 0 Å². The molecule has 0 bridgehead atoms. The molecule has 0 aliphatic carbocycles. The van der Waals surface area contributed by atoms with Crippen molar-refractivity contribution in [1.29, 1.82) is 0 Å². The molecule has 112 valence electrons. The summed E-state index contributed by atoms with van der Waals surface area (Å²) in [4.78, 5) is 22.5. The van der Waals surface area contributed by atoms with Crippen LogP contribution in [-0.4, -0.2) is 43.7 Å². The molecule has 2 aliphatic rings.